The molecule has 0 aliphatic carbocycles. The largest absolute Gasteiger partial charge is 0.496 e. The van der Waals surface area contributed by atoms with Crippen LogP contribution in [0.2, 0.25) is 5.02 Å². The highest BCUT2D eigenvalue weighted by molar-refractivity contribution is 6.30. The van der Waals surface area contributed by atoms with Crippen molar-refractivity contribution in [3.63, 3.8) is 0 Å². The van der Waals surface area contributed by atoms with Crippen molar-refractivity contribution in [2.75, 3.05) is 26.7 Å². The smallest absolute Gasteiger partial charge is 0.261 e. The van der Waals surface area contributed by atoms with Crippen LogP contribution in [0.25, 0.3) is 11.3 Å². The number of hydrogen-bond acceptors (Lipinski definition) is 3. The summed E-state index contributed by atoms with van der Waals surface area (Å²) >= 11 is 6.04. The summed E-state index contributed by atoms with van der Waals surface area (Å²) in [4.78, 5) is 1.77. The zero-order valence-corrected chi connectivity index (χ0v) is 13.6. The van der Waals surface area contributed by atoms with Gasteiger partial charge >= 0.3 is 0 Å². The number of alkyl halides is 2. The van der Waals surface area contributed by atoms with E-state index in [-0.39, 0.29) is 13.0 Å². The average molecular weight is 342 g/mol. The molecule has 2 heterocycles. The number of ether oxygens (including phenoxy) is 1. The van der Waals surface area contributed by atoms with Gasteiger partial charge in [-0.05, 0) is 24.3 Å². The van der Waals surface area contributed by atoms with Crippen LogP contribution < -0.4 is 4.74 Å². The molecule has 124 valence electrons. The molecule has 1 aromatic carbocycles. The lowest BCUT2D eigenvalue weighted by Gasteiger charge is -2.15. The Morgan fingerprint density at radius 2 is 2.13 bits per heavy atom. The van der Waals surface area contributed by atoms with E-state index in [4.69, 9.17) is 16.3 Å². The first-order valence-electron chi connectivity index (χ1n) is 7.44. The van der Waals surface area contributed by atoms with Gasteiger partial charge in [0, 0.05) is 36.3 Å². The van der Waals surface area contributed by atoms with Gasteiger partial charge < -0.3 is 4.74 Å². The van der Waals surface area contributed by atoms with E-state index < -0.39 is 5.92 Å². The molecule has 0 unspecified atom stereocenters. The summed E-state index contributed by atoms with van der Waals surface area (Å²) in [7, 11) is 1.59. The molecule has 2 aromatic rings. The van der Waals surface area contributed by atoms with Crippen molar-refractivity contribution in [3.8, 4) is 17.0 Å². The summed E-state index contributed by atoms with van der Waals surface area (Å²) in [6.45, 7) is 1.40. The van der Waals surface area contributed by atoms with Crippen molar-refractivity contribution >= 4 is 11.6 Å². The standard InChI is InChI=1S/C16H18ClF2N3O/c1-23-15-3-2-12(17)10-13(15)14-4-6-22(20-14)9-8-21-7-5-16(18,19)11-21/h2-4,6,10H,5,7-9,11H2,1H3. The molecule has 3 rings (SSSR count). The molecular formula is C16H18ClF2N3O. The highest BCUT2D eigenvalue weighted by Crippen LogP contribution is 2.31. The van der Waals surface area contributed by atoms with Crippen LogP contribution >= 0.6 is 11.6 Å². The van der Waals surface area contributed by atoms with Gasteiger partial charge in [0.05, 0.1) is 25.9 Å². The second-order valence-corrected chi connectivity index (χ2v) is 6.13. The molecule has 1 aromatic heterocycles. The minimum atomic E-state index is -2.55. The van der Waals surface area contributed by atoms with E-state index in [9.17, 15) is 8.78 Å². The predicted molar refractivity (Wildman–Crippen MR) is 85.2 cm³/mol. The second kappa shape index (κ2) is 6.45. The predicted octanol–water partition coefficient (Wildman–Crippen LogP) is 3.55. The van der Waals surface area contributed by atoms with Gasteiger partial charge in [0.25, 0.3) is 5.92 Å². The van der Waals surface area contributed by atoms with Gasteiger partial charge in [-0.2, -0.15) is 5.10 Å². The molecule has 1 aliphatic heterocycles. The summed E-state index contributed by atoms with van der Waals surface area (Å²) < 4.78 is 33.4. The lowest BCUT2D eigenvalue weighted by Crippen LogP contribution is -2.28. The van der Waals surface area contributed by atoms with Gasteiger partial charge in [0.2, 0.25) is 0 Å². The van der Waals surface area contributed by atoms with Crippen molar-refractivity contribution in [2.45, 2.75) is 18.9 Å². The van der Waals surface area contributed by atoms with Crippen LogP contribution in [0.3, 0.4) is 0 Å². The van der Waals surface area contributed by atoms with E-state index in [1.807, 2.05) is 12.3 Å². The lowest BCUT2D eigenvalue weighted by atomic mass is 10.1. The molecule has 23 heavy (non-hydrogen) atoms. The van der Waals surface area contributed by atoms with E-state index in [1.165, 1.54) is 0 Å². The summed E-state index contributed by atoms with van der Waals surface area (Å²) in [6, 6.07) is 7.22. The Balaban J connectivity index is 1.68. The number of rotatable bonds is 5. The first-order chi connectivity index (χ1) is 11.0. The Kier molecular flexibility index (Phi) is 4.55. The van der Waals surface area contributed by atoms with Crippen LogP contribution in [0.5, 0.6) is 5.75 Å². The quantitative estimate of drug-likeness (QED) is 0.833. The highest BCUT2D eigenvalue weighted by atomic mass is 35.5. The van der Waals surface area contributed by atoms with E-state index in [2.05, 4.69) is 5.10 Å². The molecule has 0 saturated carbocycles. The van der Waals surface area contributed by atoms with Crippen molar-refractivity contribution in [3.05, 3.63) is 35.5 Å². The lowest BCUT2D eigenvalue weighted by molar-refractivity contribution is 0.0119. The number of nitrogens with zero attached hydrogens (tertiary/aromatic N) is 3. The maximum Gasteiger partial charge on any atom is 0.261 e. The summed E-state index contributed by atoms with van der Waals surface area (Å²) in [5.74, 6) is -1.86. The Hall–Kier alpha value is -1.66. The third kappa shape index (κ3) is 3.82. The maximum absolute atomic E-state index is 13.2. The third-order valence-corrected chi connectivity index (χ3v) is 4.21. The Labute approximate surface area is 138 Å². The van der Waals surface area contributed by atoms with E-state index in [1.54, 1.807) is 34.9 Å². The van der Waals surface area contributed by atoms with E-state index in [0.29, 0.717) is 30.4 Å². The fraction of sp³-hybridized carbons (Fsp3) is 0.438. The van der Waals surface area contributed by atoms with Crippen molar-refractivity contribution in [1.82, 2.24) is 14.7 Å². The van der Waals surface area contributed by atoms with Gasteiger partial charge in [0.1, 0.15) is 5.75 Å². The number of hydrogen-bond donors (Lipinski definition) is 0. The van der Waals surface area contributed by atoms with E-state index >= 15 is 0 Å². The van der Waals surface area contributed by atoms with Crippen molar-refractivity contribution in [2.24, 2.45) is 0 Å². The molecule has 7 heteroatoms. The molecule has 0 atom stereocenters. The zero-order chi connectivity index (χ0) is 16.4. The third-order valence-electron chi connectivity index (χ3n) is 3.97. The van der Waals surface area contributed by atoms with Crippen LogP contribution in [-0.2, 0) is 6.54 Å². The maximum atomic E-state index is 13.2. The van der Waals surface area contributed by atoms with Gasteiger partial charge in [-0.25, -0.2) is 8.78 Å². The summed E-state index contributed by atoms with van der Waals surface area (Å²) in [5.41, 5.74) is 1.56. The number of halogens is 3. The van der Waals surface area contributed by atoms with Gasteiger partial charge in [-0.3, -0.25) is 9.58 Å². The van der Waals surface area contributed by atoms with Crippen LogP contribution in [0.1, 0.15) is 6.42 Å². The fourth-order valence-corrected chi connectivity index (χ4v) is 2.92. The Morgan fingerprint density at radius 3 is 2.83 bits per heavy atom. The topological polar surface area (TPSA) is 30.3 Å². The van der Waals surface area contributed by atoms with E-state index in [0.717, 1.165) is 11.3 Å². The minimum Gasteiger partial charge on any atom is -0.496 e. The number of aromatic nitrogens is 2. The number of methoxy groups -OCH3 is 1. The molecule has 0 spiro atoms. The van der Waals surface area contributed by atoms with Crippen LogP contribution in [-0.4, -0.2) is 47.3 Å². The monoisotopic (exact) mass is 341 g/mol. The molecular weight excluding hydrogens is 324 g/mol. The molecule has 0 bridgehead atoms. The van der Waals surface area contributed by atoms with Crippen molar-refractivity contribution in [1.29, 1.82) is 0 Å². The minimum absolute atomic E-state index is 0.0585. The number of benzene rings is 1. The van der Waals surface area contributed by atoms with Crippen LogP contribution in [0.15, 0.2) is 30.5 Å². The fourth-order valence-electron chi connectivity index (χ4n) is 2.75. The van der Waals surface area contributed by atoms with Gasteiger partial charge in [0.15, 0.2) is 0 Å². The molecule has 1 fully saturated rings. The average Bonchev–Trinajstić information content (AvgIpc) is 3.11. The summed E-state index contributed by atoms with van der Waals surface area (Å²) in [5, 5.41) is 5.10. The molecule has 0 N–H and O–H groups in total. The Bertz CT molecular complexity index is 690. The first kappa shape index (κ1) is 16.2. The van der Waals surface area contributed by atoms with Crippen LogP contribution in [0, 0.1) is 0 Å². The number of likely N-dealkylation sites (tertiary alicyclic amines) is 1. The summed E-state index contributed by atoms with van der Waals surface area (Å²) in [6.07, 6.45) is 1.78. The molecule has 1 aliphatic rings. The van der Waals surface area contributed by atoms with Crippen molar-refractivity contribution < 1.29 is 13.5 Å². The molecule has 0 radical (unpaired) electrons. The SMILES string of the molecule is COc1ccc(Cl)cc1-c1ccn(CCN2CCC(F)(F)C2)n1. The van der Waals surface area contributed by atoms with Gasteiger partial charge in [-0.1, -0.05) is 11.6 Å². The normalized spacial score (nSPS) is 17.6. The van der Waals surface area contributed by atoms with Gasteiger partial charge in [-0.15, -0.1) is 0 Å². The zero-order valence-electron chi connectivity index (χ0n) is 12.8. The highest BCUT2D eigenvalue weighted by Gasteiger charge is 2.37. The first-order valence-corrected chi connectivity index (χ1v) is 7.82. The molecule has 4 nitrogen and oxygen atoms in total. The molecule has 0 amide bonds. The molecule has 1 saturated heterocycles. The van der Waals surface area contributed by atoms with Crippen LogP contribution in [0.4, 0.5) is 8.78 Å². The second-order valence-electron chi connectivity index (χ2n) is 5.69. The Morgan fingerprint density at radius 1 is 1.30 bits per heavy atom.